The normalized spacial score (nSPS) is 16.8. The van der Waals surface area contributed by atoms with Gasteiger partial charge in [-0.2, -0.15) is 4.31 Å². The lowest BCUT2D eigenvalue weighted by Crippen LogP contribution is -2.00. The molecule has 0 saturated carbocycles. The van der Waals surface area contributed by atoms with Crippen molar-refractivity contribution in [3.8, 4) is 0 Å². The van der Waals surface area contributed by atoms with Crippen molar-refractivity contribution >= 4 is 15.6 Å². The molecule has 0 aromatic rings. The second kappa shape index (κ2) is 6.52. The number of phosphoric acid groups is 2. The summed E-state index contributed by atoms with van der Waals surface area (Å²) in [5.41, 5.74) is 0. The average molecular weight is 262 g/mol. The Bertz CT molecular complexity index is 293. The van der Waals surface area contributed by atoms with E-state index >= 15 is 0 Å². The summed E-state index contributed by atoms with van der Waals surface area (Å²) in [5, 5.41) is 8.33. The third-order valence-corrected chi connectivity index (χ3v) is 3.53. The Morgan fingerprint density at radius 1 is 1.27 bits per heavy atom. The maximum Gasteiger partial charge on any atom is 0.486 e. The van der Waals surface area contributed by atoms with Crippen molar-refractivity contribution in [3.05, 3.63) is 12.2 Å². The SMILES string of the molecule is CC=CCOP(=O)(OCO)OP(=O)(O)O. The van der Waals surface area contributed by atoms with Crippen molar-refractivity contribution in [1.82, 2.24) is 0 Å². The van der Waals surface area contributed by atoms with Crippen molar-refractivity contribution in [2.75, 3.05) is 13.4 Å². The summed E-state index contributed by atoms with van der Waals surface area (Å²) in [6, 6.07) is 0. The van der Waals surface area contributed by atoms with E-state index in [1.165, 1.54) is 6.08 Å². The standard InChI is InChI=1S/C5H12O8P2/c1-2-3-4-11-15(10,12-5-6)13-14(7,8)9/h2-3,6H,4-5H2,1H3,(H2,7,8,9). The second-order valence-corrected chi connectivity index (χ2v) is 5.19. The molecule has 0 bridgehead atoms. The van der Waals surface area contributed by atoms with Crippen LogP contribution in [0.15, 0.2) is 12.2 Å². The minimum absolute atomic E-state index is 0.228. The largest absolute Gasteiger partial charge is 0.486 e. The van der Waals surface area contributed by atoms with Gasteiger partial charge in [0.15, 0.2) is 6.79 Å². The first-order valence-corrected chi connectivity index (χ1v) is 6.70. The van der Waals surface area contributed by atoms with Crippen LogP contribution in [-0.4, -0.2) is 28.3 Å². The van der Waals surface area contributed by atoms with Gasteiger partial charge < -0.3 is 14.9 Å². The molecule has 0 amide bonds. The molecule has 0 spiro atoms. The zero-order valence-electron chi connectivity index (χ0n) is 7.85. The molecule has 0 radical (unpaired) electrons. The summed E-state index contributed by atoms with van der Waals surface area (Å²) in [6.07, 6.45) is 2.97. The van der Waals surface area contributed by atoms with Crippen molar-refractivity contribution < 1.29 is 37.4 Å². The first-order chi connectivity index (χ1) is 6.83. The highest BCUT2D eigenvalue weighted by atomic mass is 31.3. The monoisotopic (exact) mass is 262 g/mol. The number of phosphoric ester groups is 1. The molecule has 90 valence electrons. The van der Waals surface area contributed by atoms with Crippen LogP contribution in [0.1, 0.15) is 6.92 Å². The van der Waals surface area contributed by atoms with Crippen molar-refractivity contribution in [1.29, 1.82) is 0 Å². The third kappa shape index (κ3) is 7.84. The molecule has 0 aromatic heterocycles. The Balaban J connectivity index is 4.45. The molecule has 1 atom stereocenters. The lowest BCUT2D eigenvalue weighted by atomic mass is 10.6. The van der Waals surface area contributed by atoms with Gasteiger partial charge in [-0.3, -0.25) is 9.05 Å². The van der Waals surface area contributed by atoms with Crippen LogP contribution in [0.2, 0.25) is 0 Å². The van der Waals surface area contributed by atoms with Gasteiger partial charge in [0.1, 0.15) is 0 Å². The van der Waals surface area contributed by atoms with E-state index in [4.69, 9.17) is 14.9 Å². The van der Waals surface area contributed by atoms with Gasteiger partial charge in [0.25, 0.3) is 0 Å². The number of hydrogen-bond donors (Lipinski definition) is 3. The molecule has 0 aromatic carbocycles. The first kappa shape index (κ1) is 15.0. The fourth-order valence-corrected chi connectivity index (χ4v) is 2.42. The first-order valence-electron chi connectivity index (χ1n) is 3.71. The highest BCUT2D eigenvalue weighted by molar-refractivity contribution is 7.61. The van der Waals surface area contributed by atoms with Crippen LogP contribution in [0.25, 0.3) is 0 Å². The topological polar surface area (TPSA) is 123 Å². The Labute approximate surface area is 86.3 Å². The molecule has 0 aliphatic heterocycles. The van der Waals surface area contributed by atoms with Gasteiger partial charge in [-0.1, -0.05) is 12.2 Å². The van der Waals surface area contributed by atoms with E-state index < -0.39 is 22.4 Å². The maximum absolute atomic E-state index is 11.4. The number of aliphatic hydroxyl groups excluding tert-OH is 1. The van der Waals surface area contributed by atoms with Crippen LogP contribution in [-0.2, 0) is 22.5 Å². The summed E-state index contributed by atoms with van der Waals surface area (Å²) in [7, 11) is -9.45. The van der Waals surface area contributed by atoms with E-state index in [-0.39, 0.29) is 6.61 Å². The minimum Gasteiger partial charge on any atom is -0.370 e. The summed E-state index contributed by atoms with van der Waals surface area (Å²) in [5.74, 6) is 0. The fraction of sp³-hybridized carbons (Fsp3) is 0.600. The van der Waals surface area contributed by atoms with Gasteiger partial charge in [-0.25, -0.2) is 9.13 Å². The van der Waals surface area contributed by atoms with Crippen LogP contribution in [0.3, 0.4) is 0 Å². The van der Waals surface area contributed by atoms with Crippen LogP contribution in [0, 0.1) is 0 Å². The molecule has 8 nitrogen and oxygen atoms in total. The molecule has 0 fully saturated rings. The van der Waals surface area contributed by atoms with Crippen LogP contribution >= 0.6 is 15.6 Å². The molecule has 15 heavy (non-hydrogen) atoms. The van der Waals surface area contributed by atoms with E-state index in [9.17, 15) is 9.13 Å². The quantitative estimate of drug-likeness (QED) is 0.349. The van der Waals surface area contributed by atoms with Crippen molar-refractivity contribution in [2.24, 2.45) is 0 Å². The molecule has 0 heterocycles. The Morgan fingerprint density at radius 3 is 2.27 bits per heavy atom. The number of rotatable bonds is 7. The lowest BCUT2D eigenvalue weighted by molar-refractivity contribution is 0.0544. The van der Waals surface area contributed by atoms with E-state index in [0.29, 0.717) is 0 Å². The second-order valence-electron chi connectivity index (χ2n) is 2.14. The maximum atomic E-state index is 11.4. The van der Waals surface area contributed by atoms with E-state index in [2.05, 4.69) is 13.4 Å². The highest BCUT2D eigenvalue weighted by Crippen LogP contribution is 2.60. The summed E-state index contributed by atoms with van der Waals surface area (Å²) in [4.78, 5) is 16.8. The number of aliphatic hydroxyl groups is 1. The van der Waals surface area contributed by atoms with Gasteiger partial charge in [0, 0.05) is 0 Å². The fourth-order valence-electron chi connectivity index (χ4n) is 0.516. The third-order valence-electron chi connectivity index (χ3n) is 0.987. The summed E-state index contributed by atoms with van der Waals surface area (Å²) in [6.45, 7) is 0.381. The summed E-state index contributed by atoms with van der Waals surface area (Å²) < 4.78 is 34.1. The van der Waals surface area contributed by atoms with Crippen LogP contribution < -0.4 is 0 Å². The number of hydrogen-bond acceptors (Lipinski definition) is 6. The predicted molar refractivity (Wildman–Crippen MR) is 49.7 cm³/mol. The van der Waals surface area contributed by atoms with Crippen LogP contribution in [0.4, 0.5) is 0 Å². The van der Waals surface area contributed by atoms with Crippen molar-refractivity contribution in [2.45, 2.75) is 6.92 Å². The van der Waals surface area contributed by atoms with E-state index in [1.54, 1.807) is 13.0 Å². The molecule has 0 aliphatic carbocycles. The van der Waals surface area contributed by atoms with Crippen LogP contribution in [0.5, 0.6) is 0 Å². The smallest absolute Gasteiger partial charge is 0.370 e. The molecule has 10 heteroatoms. The average Bonchev–Trinajstić information content (AvgIpc) is 2.01. The number of allylic oxidation sites excluding steroid dienone is 1. The Hall–Kier alpha value is -0.0400. The van der Waals surface area contributed by atoms with Gasteiger partial charge in [0.05, 0.1) is 6.61 Å². The Morgan fingerprint density at radius 2 is 1.87 bits per heavy atom. The molecular formula is C5H12O8P2. The summed E-state index contributed by atoms with van der Waals surface area (Å²) >= 11 is 0. The van der Waals surface area contributed by atoms with Gasteiger partial charge in [-0.05, 0) is 6.92 Å². The molecule has 1 unspecified atom stereocenters. The van der Waals surface area contributed by atoms with E-state index in [0.717, 1.165) is 0 Å². The molecule has 0 aliphatic rings. The molecular weight excluding hydrogens is 250 g/mol. The van der Waals surface area contributed by atoms with Gasteiger partial charge >= 0.3 is 15.6 Å². The zero-order valence-corrected chi connectivity index (χ0v) is 9.64. The van der Waals surface area contributed by atoms with Gasteiger partial charge in [-0.15, -0.1) is 0 Å². The molecule has 0 rings (SSSR count). The predicted octanol–water partition coefficient (Wildman–Crippen LogP) is 0.763. The Kier molecular flexibility index (Phi) is 6.51. The zero-order chi connectivity index (χ0) is 11.9. The molecule has 3 N–H and O–H groups in total. The highest BCUT2D eigenvalue weighted by Gasteiger charge is 2.35. The van der Waals surface area contributed by atoms with E-state index in [1.807, 2.05) is 0 Å². The lowest BCUT2D eigenvalue weighted by Gasteiger charge is -2.15. The van der Waals surface area contributed by atoms with Crippen molar-refractivity contribution in [3.63, 3.8) is 0 Å². The molecule has 0 saturated heterocycles. The minimum atomic E-state index is -5.01. The van der Waals surface area contributed by atoms with Gasteiger partial charge in [0.2, 0.25) is 0 Å².